The molecule has 0 aliphatic carbocycles. The van der Waals surface area contributed by atoms with E-state index in [9.17, 15) is 5.11 Å². The summed E-state index contributed by atoms with van der Waals surface area (Å²) in [6.07, 6.45) is -0.208. The lowest BCUT2D eigenvalue weighted by atomic mass is 10.3. The molecule has 1 aromatic carbocycles. The Balaban J connectivity index is 0.000000262. The zero-order valence-corrected chi connectivity index (χ0v) is 9.60. The van der Waals surface area contributed by atoms with Crippen molar-refractivity contribution in [1.29, 1.82) is 0 Å². The number of hydrogen-bond donors (Lipinski definition) is 3. The smallest absolute Gasteiger partial charge is 0.158 e. The molecule has 86 valence electrons. The van der Waals surface area contributed by atoms with Gasteiger partial charge in [0.1, 0.15) is 0 Å². The van der Waals surface area contributed by atoms with Crippen molar-refractivity contribution in [2.45, 2.75) is 0 Å². The Morgan fingerprint density at radius 3 is 1.53 bits per heavy atom. The number of para-hydroxylation sites is 1. The minimum atomic E-state index is -1.75. The van der Waals surface area contributed by atoms with Gasteiger partial charge < -0.3 is 20.4 Å². The monoisotopic (exact) mass is 232 g/mol. The highest BCUT2D eigenvalue weighted by Crippen LogP contribution is 2.51. The number of aliphatic hydroxyl groups excluding tert-OH is 3. The molecule has 0 heterocycles. The third-order valence-electron chi connectivity index (χ3n) is 1.77. The van der Waals surface area contributed by atoms with Gasteiger partial charge >= 0.3 is 0 Å². The van der Waals surface area contributed by atoms with Crippen molar-refractivity contribution in [3.8, 4) is 5.75 Å². The maximum atomic E-state index is 10.3. The van der Waals surface area contributed by atoms with Crippen LogP contribution in [0.25, 0.3) is 0 Å². The van der Waals surface area contributed by atoms with E-state index in [1.54, 1.807) is 18.8 Å². The minimum Gasteiger partial charge on any atom is -0.872 e. The van der Waals surface area contributed by atoms with Gasteiger partial charge in [0.05, 0.1) is 13.9 Å². The molecule has 0 saturated carbocycles. The summed E-state index contributed by atoms with van der Waals surface area (Å²) >= 11 is 0. The summed E-state index contributed by atoms with van der Waals surface area (Å²) in [5.41, 5.74) is 0. The van der Waals surface area contributed by atoms with E-state index < -0.39 is 7.26 Å². The Bertz CT molecular complexity index is 241. The molecule has 1 rings (SSSR count). The van der Waals surface area contributed by atoms with Gasteiger partial charge in [0.25, 0.3) is 0 Å². The highest BCUT2D eigenvalue weighted by Gasteiger charge is 2.28. The summed E-state index contributed by atoms with van der Waals surface area (Å²) in [5.74, 6) is 0.0718. The summed E-state index contributed by atoms with van der Waals surface area (Å²) in [6, 6.07) is 8.33. The molecular weight excluding hydrogens is 215 g/mol. The largest absolute Gasteiger partial charge is 0.872 e. The SMILES string of the molecule is C[P+](CO)(CO)CO.[O-]c1ccccc1. The molecule has 4 nitrogen and oxygen atoms in total. The molecule has 0 amide bonds. The first-order valence-electron chi connectivity index (χ1n) is 4.46. The van der Waals surface area contributed by atoms with Gasteiger partial charge in [0.2, 0.25) is 0 Å². The van der Waals surface area contributed by atoms with Gasteiger partial charge in [-0.15, -0.1) is 5.75 Å². The molecule has 3 N–H and O–H groups in total. The van der Waals surface area contributed by atoms with E-state index in [0.717, 1.165) is 0 Å². The quantitative estimate of drug-likeness (QED) is 0.652. The molecule has 0 fully saturated rings. The zero-order chi connectivity index (χ0) is 11.7. The highest BCUT2D eigenvalue weighted by molar-refractivity contribution is 7.74. The normalized spacial score (nSPS) is 10.4. The standard InChI is InChI=1S/C6H6O.C4H12O3P/c7-6-4-2-1-3-5-6;1-8(2-5,3-6)4-7/h1-5,7H;5-7H,2-4H2,1H3/q;+1/p-1. The van der Waals surface area contributed by atoms with Crippen LogP contribution in [0.2, 0.25) is 0 Å². The topological polar surface area (TPSA) is 83.8 Å². The Hall–Kier alpha value is -0.670. The van der Waals surface area contributed by atoms with E-state index in [1.807, 2.05) is 6.07 Å². The first kappa shape index (κ1) is 14.3. The molecule has 0 radical (unpaired) electrons. The van der Waals surface area contributed by atoms with E-state index in [-0.39, 0.29) is 24.8 Å². The molecule has 0 aromatic heterocycles. The average Bonchev–Trinajstić information content (AvgIpc) is 2.30. The molecule has 0 saturated heterocycles. The Morgan fingerprint density at radius 2 is 1.40 bits per heavy atom. The zero-order valence-electron chi connectivity index (χ0n) is 8.71. The summed E-state index contributed by atoms with van der Waals surface area (Å²) in [5, 5.41) is 35.8. The second-order valence-electron chi connectivity index (χ2n) is 3.36. The van der Waals surface area contributed by atoms with Crippen molar-refractivity contribution < 1.29 is 20.4 Å². The molecule has 0 unspecified atom stereocenters. The number of hydrogen-bond acceptors (Lipinski definition) is 4. The Morgan fingerprint density at radius 1 is 1.00 bits per heavy atom. The molecule has 1 aromatic rings. The Kier molecular flexibility index (Phi) is 7.26. The van der Waals surface area contributed by atoms with Crippen LogP contribution in [0.15, 0.2) is 30.3 Å². The fourth-order valence-corrected chi connectivity index (χ4v) is 0.823. The van der Waals surface area contributed by atoms with E-state index in [4.69, 9.17) is 15.3 Å². The number of rotatable bonds is 3. The van der Waals surface area contributed by atoms with Gasteiger partial charge in [-0.25, -0.2) is 0 Å². The van der Waals surface area contributed by atoms with E-state index in [0.29, 0.717) is 0 Å². The number of aliphatic hydroxyl groups is 3. The van der Waals surface area contributed by atoms with E-state index >= 15 is 0 Å². The maximum absolute atomic E-state index is 10.3. The van der Waals surface area contributed by atoms with Crippen LogP contribution >= 0.6 is 7.26 Å². The van der Waals surface area contributed by atoms with Crippen molar-refractivity contribution in [2.24, 2.45) is 0 Å². The van der Waals surface area contributed by atoms with Crippen LogP contribution in [0.4, 0.5) is 0 Å². The van der Waals surface area contributed by atoms with Crippen LogP contribution in [0.1, 0.15) is 0 Å². The summed E-state index contributed by atoms with van der Waals surface area (Å²) in [6.45, 7) is 1.72. The fraction of sp³-hybridized carbons (Fsp3) is 0.400. The molecule has 0 aliphatic rings. The predicted molar refractivity (Wildman–Crippen MR) is 60.0 cm³/mol. The van der Waals surface area contributed by atoms with Gasteiger partial charge in [-0.1, -0.05) is 30.3 Å². The molecule has 0 spiro atoms. The van der Waals surface area contributed by atoms with Crippen molar-refractivity contribution in [2.75, 3.05) is 25.7 Å². The second-order valence-corrected chi connectivity index (χ2v) is 7.44. The van der Waals surface area contributed by atoms with Gasteiger partial charge in [-0.3, -0.25) is 0 Å². The minimum absolute atomic E-state index is 0.0694. The fourth-order valence-electron chi connectivity index (χ4n) is 0.555. The summed E-state index contributed by atoms with van der Waals surface area (Å²) < 4.78 is 0. The molecule has 0 aliphatic heterocycles. The van der Waals surface area contributed by atoms with Gasteiger partial charge in [0.15, 0.2) is 19.0 Å². The van der Waals surface area contributed by atoms with Crippen LogP contribution in [0.5, 0.6) is 5.75 Å². The van der Waals surface area contributed by atoms with E-state index in [1.165, 1.54) is 12.1 Å². The van der Waals surface area contributed by atoms with Gasteiger partial charge in [0, 0.05) is 0 Å². The van der Waals surface area contributed by atoms with Gasteiger partial charge in [-0.05, 0) is 0 Å². The van der Waals surface area contributed by atoms with Crippen molar-refractivity contribution >= 4 is 7.26 Å². The average molecular weight is 232 g/mol. The third-order valence-corrected chi connectivity index (χ3v) is 3.82. The lowest BCUT2D eigenvalue weighted by molar-refractivity contribution is -0.268. The third kappa shape index (κ3) is 6.42. The van der Waals surface area contributed by atoms with Crippen LogP contribution in [0.3, 0.4) is 0 Å². The van der Waals surface area contributed by atoms with Crippen molar-refractivity contribution in [3.05, 3.63) is 30.3 Å². The molecule has 5 heteroatoms. The van der Waals surface area contributed by atoms with E-state index in [2.05, 4.69) is 0 Å². The summed E-state index contributed by atoms with van der Waals surface area (Å²) in [4.78, 5) is 0. The number of benzene rings is 1. The van der Waals surface area contributed by atoms with Crippen LogP contribution in [-0.4, -0.2) is 41.0 Å². The molecule has 0 atom stereocenters. The highest BCUT2D eigenvalue weighted by atomic mass is 31.2. The van der Waals surface area contributed by atoms with Crippen LogP contribution < -0.4 is 5.11 Å². The van der Waals surface area contributed by atoms with Crippen LogP contribution in [-0.2, 0) is 0 Å². The molecular formula is C10H17O4P. The lowest BCUT2D eigenvalue weighted by Crippen LogP contribution is -2.04. The van der Waals surface area contributed by atoms with Gasteiger partial charge in [-0.2, -0.15) is 0 Å². The lowest BCUT2D eigenvalue weighted by Gasteiger charge is -2.12. The van der Waals surface area contributed by atoms with Crippen molar-refractivity contribution in [1.82, 2.24) is 0 Å². The Labute approximate surface area is 90.2 Å². The van der Waals surface area contributed by atoms with Crippen molar-refractivity contribution in [3.63, 3.8) is 0 Å². The first-order valence-corrected chi connectivity index (χ1v) is 7.25. The van der Waals surface area contributed by atoms with Crippen LogP contribution in [0, 0.1) is 0 Å². The first-order chi connectivity index (χ1) is 7.08. The maximum Gasteiger partial charge on any atom is 0.158 e. The molecule has 15 heavy (non-hydrogen) atoms. The summed E-state index contributed by atoms with van der Waals surface area (Å²) in [7, 11) is -1.75. The predicted octanol–water partition coefficient (Wildman–Crippen LogP) is 0.243. The second kappa shape index (κ2) is 7.60. The molecule has 0 bridgehead atoms.